The molecule has 1 aromatic heterocycles. The number of fused-ring (bicyclic) bond motifs is 2. The number of aromatic amines is 1. The molecule has 1 amide bonds. The van der Waals surface area contributed by atoms with Crippen molar-refractivity contribution in [1.82, 2.24) is 15.5 Å². The third-order valence-corrected chi connectivity index (χ3v) is 4.32. The molecule has 0 fully saturated rings. The molecule has 2 heterocycles. The number of nitrogens with zero attached hydrogens (tertiary/aromatic N) is 1. The van der Waals surface area contributed by atoms with Gasteiger partial charge in [-0.25, -0.2) is 9.89 Å². The average Bonchev–Trinajstić information content (AvgIpc) is 2.76. The van der Waals surface area contributed by atoms with Crippen LogP contribution in [0.5, 0.6) is 11.5 Å². The molecule has 2 N–H and O–H groups in total. The zero-order valence-electron chi connectivity index (χ0n) is 15.2. The summed E-state index contributed by atoms with van der Waals surface area (Å²) in [6, 6.07) is 13.8. The normalized spacial score (nSPS) is 15.0. The zero-order valence-corrected chi connectivity index (χ0v) is 15.2. The van der Waals surface area contributed by atoms with Gasteiger partial charge in [-0.05, 0) is 18.2 Å². The predicted octanol–water partition coefficient (Wildman–Crippen LogP) is 1.04. The van der Waals surface area contributed by atoms with E-state index in [0.717, 1.165) is 0 Å². The summed E-state index contributed by atoms with van der Waals surface area (Å²) >= 11 is 0. The molecule has 0 unspecified atom stereocenters. The lowest BCUT2D eigenvalue weighted by molar-refractivity contribution is -0.124. The Hall–Kier alpha value is -3.88. The van der Waals surface area contributed by atoms with E-state index in [2.05, 4.69) is 15.5 Å². The summed E-state index contributed by atoms with van der Waals surface area (Å²) < 4.78 is 16.3. The quantitative estimate of drug-likeness (QED) is 0.619. The summed E-state index contributed by atoms with van der Waals surface area (Å²) in [5.74, 6) is -0.0293. The highest BCUT2D eigenvalue weighted by Gasteiger charge is 2.22. The molecule has 9 nitrogen and oxygen atoms in total. The molecular weight excluding hydrogens is 378 g/mol. The fraction of sp³-hybridized carbons (Fsp3) is 0.200. The van der Waals surface area contributed by atoms with Gasteiger partial charge < -0.3 is 19.5 Å². The van der Waals surface area contributed by atoms with Crippen LogP contribution in [0, 0.1) is 0 Å². The number of H-pyrrole nitrogens is 1. The second-order valence-electron chi connectivity index (χ2n) is 6.32. The summed E-state index contributed by atoms with van der Waals surface area (Å²) in [6.45, 7) is 0.00700. The van der Waals surface area contributed by atoms with Crippen molar-refractivity contribution in [2.75, 3.05) is 19.8 Å². The molecule has 1 aliphatic heterocycles. The molecule has 0 bridgehead atoms. The van der Waals surface area contributed by atoms with E-state index < -0.39 is 24.0 Å². The van der Waals surface area contributed by atoms with Crippen LogP contribution in [0.2, 0.25) is 0 Å². The van der Waals surface area contributed by atoms with Crippen LogP contribution >= 0.6 is 0 Å². The van der Waals surface area contributed by atoms with Crippen LogP contribution in [0.3, 0.4) is 0 Å². The minimum absolute atomic E-state index is 0.0615. The summed E-state index contributed by atoms with van der Waals surface area (Å²) in [6.07, 6.45) is -0.352. The number of para-hydroxylation sites is 2. The molecule has 0 spiro atoms. The van der Waals surface area contributed by atoms with Crippen molar-refractivity contribution in [2.45, 2.75) is 6.10 Å². The van der Waals surface area contributed by atoms with E-state index in [1.807, 2.05) is 12.1 Å². The van der Waals surface area contributed by atoms with Crippen LogP contribution < -0.4 is 20.3 Å². The van der Waals surface area contributed by atoms with Crippen LogP contribution in [-0.2, 0) is 9.53 Å². The van der Waals surface area contributed by atoms with Crippen LogP contribution in [0.25, 0.3) is 10.8 Å². The maximum atomic E-state index is 12.3. The number of carbonyl (C=O) groups excluding carboxylic acids is 2. The number of esters is 1. The number of aromatic nitrogens is 2. The molecule has 0 aliphatic carbocycles. The fourth-order valence-electron chi connectivity index (χ4n) is 2.91. The Morgan fingerprint density at radius 2 is 1.83 bits per heavy atom. The third kappa shape index (κ3) is 4.03. The van der Waals surface area contributed by atoms with Gasteiger partial charge in [0.2, 0.25) is 0 Å². The van der Waals surface area contributed by atoms with Crippen molar-refractivity contribution in [3.8, 4) is 11.5 Å². The molecule has 0 radical (unpaired) electrons. The molecule has 148 valence electrons. The first-order valence-corrected chi connectivity index (χ1v) is 8.91. The third-order valence-electron chi connectivity index (χ3n) is 4.32. The first-order chi connectivity index (χ1) is 14.1. The van der Waals surface area contributed by atoms with Gasteiger partial charge in [0.05, 0.1) is 11.9 Å². The van der Waals surface area contributed by atoms with E-state index in [0.29, 0.717) is 28.9 Å². The highest BCUT2D eigenvalue weighted by Crippen LogP contribution is 2.30. The first-order valence-electron chi connectivity index (χ1n) is 8.91. The second kappa shape index (κ2) is 8.01. The van der Waals surface area contributed by atoms with Crippen molar-refractivity contribution in [1.29, 1.82) is 0 Å². The fourth-order valence-corrected chi connectivity index (χ4v) is 2.91. The molecule has 0 saturated carbocycles. The average molecular weight is 395 g/mol. The van der Waals surface area contributed by atoms with Crippen molar-refractivity contribution in [3.05, 3.63) is 64.6 Å². The number of amides is 1. The highest BCUT2D eigenvalue weighted by atomic mass is 16.6. The Kier molecular flexibility index (Phi) is 5.10. The number of ether oxygens (including phenoxy) is 3. The number of hydrogen-bond donors (Lipinski definition) is 2. The Balaban J connectivity index is 1.31. The summed E-state index contributed by atoms with van der Waals surface area (Å²) in [5.41, 5.74) is -0.472. The van der Waals surface area contributed by atoms with Gasteiger partial charge >= 0.3 is 5.97 Å². The van der Waals surface area contributed by atoms with Crippen LogP contribution in [0.1, 0.15) is 10.5 Å². The van der Waals surface area contributed by atoms with Gasteiger partial charge in [0, 0.05) is 5.39 Å². The number of carbonyl (C=O) groups is 2. The summed E-state index contributed by atoms with van der Waals surface area (Å²) in [4.78, 5) is 36.1. The number of hydrogen-bond acceptors (Lipinski definition) is 7. The zero-order chi connectivity index (χ0) is 20.2. The van der Waals surface area contributed by atoms with Gasteiger partial charge in [-0.2, -0.15) is 5.10 Å². The monoisotopic (exact) mass is 395 g/mol. The Morgan fingerprint density at radius 1 is 1.10 bits per heavy atom. The summed E-state index contributed by atoms with van der Waals surface area (Å²) in [5, 5.41) is 9.30. The Labute approximate surface area is 164 Å². The van der Waals surface area contributed by atoms with Crippen LogP contribution in [0.4, 0.5) is 0 Å². The minimum atomic E-state index is -0.807. The SMILES string of the molecule is O=C(COC(=O)c1n[nH]c(=O)c2ccccc12)NC[C@H]1COc2ccccc2O1. The minimum Gasteiger partial charge on any atom is -0.486 e. The molecule has 0 saturated heterocycles. The maximum Gasteiger partial charge on any atom is 0.359 e. The van der Waals surface area contributed by atoms with Gasteiger partial charge in [0.25, 0.3) is 11.5 Å². The van der Waals surface area contributed by atoms with Crippen molar-refractivity contribution in [2.24, 2.45) is 0 Å². The highest BCUT2D eigenvalue weighted by molar-refractivity contribution is 6.02. The first kappa shape index (κ1) is 18.5. The predicted molar refractivity (Wildman–Crippen MR) is 102 cm³/mol. The van der Waals surface area contributed by atoms with Crippen molar-refractivity contribution in [3.63, 3.8) is 0 Å². The van der Waals surface area contributed by atoms with Crippen LogP contribution in [-0.4, -0.2) is 47.9 Å². The van der Waals surface area contributed by atoms with E-state index in [4.69, 9.17) is 14.2 Å². The number of nitrogens with one attached hydrogen (secondary N) is 2. The lowest BCUT2D eigenvalue weighted by atomic mass is 10.1. The molecule has 1 atom stereocenters. The van der Waals surface area contributed by atoms with Gasteiger partial charge in [0.1, 0.15) is 12.7 Å². The van der Waals surface area contributed by atoms with Gasteiger partial charge in [0.15, 0.2) is 23.8 Å². The van der Waals surface area contributed by atoms with Gasteiger partial charge in [-0.15, -0.1) is 0 Å². The smallest absolute Gasteiger partial charge is 0.359 e. The van der Waals surface area contributed by atoms with E-state index >= 15 is 0 Å². The molecule has 2 aromatic carbocycles. The number of benzene rings is 2. The molecule has 4 rings (SSSR count). The summed E-state index contributed by atoms with van der Waals surface area (Å²) in [7, 11) is 0. The van der Waals surface area contributed by atoms with E-state index in [-0.39, 0.29) is 18.3 Å². The molecule has 3 aromatic rings. The Bertz CT molecular complexity index is 1130. The van der Waals surface area contributed by atoms with E-state index in [9.17, 15) is 14.4 Å². The largest absolute Gasteiger partial charge is 0.486 e. The number of rotatable bonds is 5. The second-order valence-corrected chi connectivity index (χ2v) is 6.32. The molecule has 9 heteroatoms. The van der Waals surface area contributed by atoms with Gasteiger partial charge in [-0.3, -0.25) is 9.59 Å². The van der Waals surface area contributed by atoms with Crippen molar-refractivity contribution >= 4 is 22.6 Å². The van der Waals surface area contributed by atoms with Crippen LogP contribution in [0.15, 0.2) is 53.3 Å². The Morgan fingerprint density at radius 3 is 2.66 bits per heavy atom. The molecule has 1 aliphatic rings. The van der Waals surface area contributed by atoms with Gasteiger partial charge in [-0.1, -0.05) is 30.3 Å². The van der Waals surface area contributed by atoms with E-state index in [1.54, 1.807) is 36.4 Å². The lowest BCUT2D eigenvalue weighted by Gasteiger charge is -2.26. The molecular formula is C20H17N3O6. The maximum absolute atomic E-state index is 12.3. The topological polar surface area (TPSA) is 120 Å². The lowest BCUT2D eigenvalue weighted by Crippen LogP contribution is -2.42. The molecule has 29 heavy (non-hydrogen) atoms. The van der Waals surface area contributed by atoms with E-state index in [1.165, 1.54) is 0 Å². The van der Waals surface area contributed by atoms with Crippen molar-refractivity contribution < 1.29 is 23.8 Å². The standard InChI is InChI=1S/C20H17N3O6/c24-17(21-9-12-10-27-15-7-3-4-8-16(15)29-12)11-28-20(26)18-13-5-1-2-6-14(13)19(25)23-22-18/h1-8,12H,9-11H2,(H,21,24)(H,23,25)/t12-/m0/s1.